The average Bonchev–Trinajstić information content (AvgIpc) is 2.67. The van der Waals surface area contributed by atoms with Gasteiger partial charge in [-0.25, -0.2) is 14.6 Å². The molecule has 0 radical (unpaired) electrons. The van der Waals surface area contributed by atoms with Gasteiger partial charge in [-0.15, -0.1) is 0 Å². The number of esters is 2. The van der Waals surface area contributed by atoms with Gasteiger partial charge in [0.2, 0.25) is 5.84 Å². The smallest absolute Gasteiger partial charge is 0.374 e. The molecule has 0 amide bonds. The van der Waals surface area contributed by atoms with Crippen LogP contribution in [0.1, 0.15) is 25.5 Å². The van der Waals surface area contributed by atoms with Crippen LogP contribution in [0.25, 0.3) is 0 Å². The molecule has 0 spiro atoms. The molecule has 0 fully saturated rings. The zero-order chi connectivity index (χ0) is 20.3. The molecule has 0 saturated carbocycles. The molecular weight excluding hydrogens is 403 g/mol. The number of hydrogen-bond acceptors (Lipinski definition) is 6. The lowest BCUT2D eigenvalue weighted by molar-refractivity contribution is -0.144. The maximum atomic E-state index is 12.9. The first-order chi connectivity index (χ1) is 13.5. The standard InChI is InChI=1S/C20H18Cl2N2O4/c1-3-27-19(25)17-15-11-13(22)7-10-16(15)23-18(20(26)28-4-2)24(17)14-8-5-12(21)6-9-14/h5-11,17H,3-4H2,1-2H3. The van der Waals surface area contributed by atoms with Gasteiger partial charge in [-0.05, 0) is 56.3 Å². The van der Waals surface area contributed by atoms with Gasteiger partial charge in [-0.2, -0.15) is 0 Å². The molecule has 1 unspecified atom stereocenters. The third-order valence-electron chi connectivity index (χ3n) is 4.07. The Morgan fingerprint density at radius 3 is 2.29 bits per heavy atom. The lowest BCUT2D eigenvalue weighted by Crippen LogP contribution is -2.46. The number of rotatable bonds is 5. The Hall–Kier alpha value is -2.57. The second-order valence-corrected chi connectivity index (χ2v) is 6.73. The van der Waals surface area contributed by atoms with Crippen LogP contribution < -0.4 is 4.90 Å². The summed E-state index contributed by atoms with van der Waals surface area (Å²) in [5.74, 6) is -1.19. The Labute approximate surface area is 172 Å². The highest BCUT2D eigenvalue weighted by Crippen LogP contribution is 2.40. The number of benzene rings is 2. The van der Waals surface area contributed by atoms with Gasteiger partial charge in [-0.1, -0.05) is 23.2 Å². The molecule has 3 rings (SSSR count). The van der Waals surface area contributed by atoms with Gasteiger partial charge in [0, 0.05) is 21.3 Å². The molecule has 0 aromatic heterocycles. The second kappa shape index (κ2) is 8.63. The van der Waals surface area contributed by atoms with Crippen LogP contribution in [-0.2, 0) is 19.1 Å². The normalized spacial score (nSPS) is 15.5. The number of ether oxygens (including phenoxy) is 2. The first kappa shape index (κ1) is 20.2. The highest BCUT2D eigenvalue weighted by molar-refractivity contribution is 6.42. The number of halogens is 2. The predicted molar refractivity (Wildman–Crippen MR) is 108 cm³/mol. The van der Waals surface area contributed by atoms with E-state index in [1.165, 1.54) is 4.90 Å². The molecule has 146 valence electrons. The molecule has 0 N–H and O–H groups in total. The maximum absolute atomic E-state index is 12.9. The summed E-state index contributed by atoms with van der Waals surface area (Å²) in [7, 11) is 0. The molecule has 2 aromatic carbocycles. The van der Waals surface area contributed by atoms with E-state index in [0.717, 1.165) is 0 Å². The Morgan fingerprint density at radius 2 is 1.64 bits per heavy atom. The molecule has 0 aliphatic carbocycles. The van der Waals surface area contributed by atoms with E-state index < -0.39 is 18.0 Å². The first-order valence-corrected chi connectivity index (χ1v) is 9.48. The number of anilines is 1. The minimum Gasteiger partial charge on any atom is -0.464 e. The molecule has 0 bridgehead atoms. The summed E-state index contributed by atoms with van der Waals surface area (Å²) in [6, 6.07) is 10.7. The van der Waals surface area contributed by atoms with Crippen molar-refractivity contribution in [3.8, 4) is 0 Å². The Morgan fingerprint density at radius 1 is 1.00 bits per heavy atom. The van der Waals surface area contributed by atoms with Crippen molar-refractivity contribution in [1.29, 1.82) is 0 Å². The van der Waals surface area contributed by atoms with E-state index in [1.807, 2.05) is 0 Å². The van der Waals surface area contributed by atoms with Crippen molar-refractivity contribution in [1.82, 2.24) is 0 Å². The lowest BCUT2D eigenvalue weighted by atomic mass is 9.99. The van der Waals surface area contributed by atoms with Gasteiger partial charge in [0.05, 0.1) is 18.9 Å². The van der Waals surface area contributed by atoms with E-state index in [0.29, 0.717) is 27.0 Å². The molecule has 6 nitrogen and oxygen atoms in total. The summed E-state index contributed by atoms with van der Waals surface area (Å²) in [6.45, 7) is 3.77. The van der Waals surface area contributed by atoms with E-state index >= 15 is 0 Å². The SMILES string of the molecule is CCOC(=O)C1=Nc2ccc(Cl)cc2C(C(=O)OCC)N1c1ccc(Cl)cc1. The molecule has 1 aliphatic rings. The fraction of sp³-hybridized carbons (Fsp3) is 0.250. The van der Waals surface area contributed by atoms with Gasteiger partial charge < -0.3 is 14.4 Å². The largest absolute Gasteiger partial charge is 0.464 e. The second-order valence-electron chi connectivity index (χ2n) is 5.86. The molecule has 0 saturated heterocycles. The quantitative estimate of drug-likeness (QED) is 0.654. The molecule has 28 heavy (non-hydrogen) atoms. The molecule has 1 heterocycles. The minimum atomic E-state index is -0.952. The number of carbonyl (C=O) groups is 2. The van der Waals surface area contributed by atoms with E-state index in [2.05, 4.69) is 4.99 Å². The van der Waals surface area contributed by atoms with Crippen molar-refractivity contribution in [3.05, 3.63) is 58.1 Å². The van der Waals surface area contributed by atoms with Crippen molar-refractivity contribution in [2.75, 3.05) is 18.1 Å². The van der Waals surface area contributed by atoms with Crippen LogP contribution in [-0.4, -0.2) is 31.0 Å². The number of aliphatic imine (C=N–C) groups is 1. The lowest BCUT2D eigenvalue weighted by Gasteiger charge is -2.35. The van der Waals surface area contributed by atoms with Gasteiger partial charge in [-0.3, -0.25) is 0 Å². The fourth-order valence-corrected chi connectivity index (χ4v) is 3.25. The Balaban J connectivity index is 2.23. The van der Waals surface area contributed by atoms with Gasteiger partial charge in [0.15, 0.2) is 6.04 Å². The molecule has 1 aliphatic heterocycles. The minimum absolute atomic E-state index is 0.0166. The fourth-order valence-electron chi connectivity index (χ4n) is 2.94. The monoisotopic (exact) mass is 420 g/mol. The molecule has 8 heteroatoms. The van der Waals surface area contributed by atoms with Crippen molar-refractivity contribution in [2.45, 2.75) is 19.9 Å². The van der Waals surface area contributed by atoms with Crippen molar-refractivity contribution >= 4 is 52.4 Å². The Bertz CT molecular complexity index is 928. The van der Waals surface area contributed by atoms with Crippen LogP contribution in [0.2, 0.25) is 10.0 Å². The summed E-state index contributed by atoms with van der Waals surface area (Å²) in [4.78, 5) is 31.5. The van der Waals surface area contributed by atoms with Crippen molar-refractivity contribution in [2.24, 2.45) is 4.99 Å². The van der Waals surface area contributed by atoms with Gasteiger partial charge in [0.25, 0.3) is 0 Å². The summed E-state index contributed by atoms with van der Waals surface area (Å²) in [5, 5.41) is 0.963. The zero-order valence-corrected chi connectivity index (χ0v) is 16.8. The van der Waals surface area contributed by atoms with Crippen LogP contribution in [0.5, 0.6) is 0 Å². The molecule has 1 atom stereocenters. The van der Waals surface area contributed by atoms with Crippen LogP contribution in [0.3, 0.4) is 0 Å². The van der Waals surface area contributed by atoms with E-state index in [9.17, 15) is 9.59 Å². The number of fused-ring (bicyclic) bond motifs is 1. The van der Waals surface area contributed by atoms with E-state index in [1.54, 1.807) is 56.3 Å². The van der Waals surface area contributed by atoms with Crippen molar-refractivity contribution < 1.29 is 19.1 Å². The van der Waals surface area contributed by atoms with Crippen molar-refractivity contribution in [3.63, 3.8) is 0 Å². The third-order valence-corrected chi connectivity index (χ3v) is 4.56. The van der Waals surface area contributed by atoms with Gasteiger partial charge in [0.1, 0.15) is 0 Å². The number of nitrogens with zero attached hydrogens (tertiary/aromatic N) is 2. The van der Waals surface area contributed by atoms with Crippen LogP contribution in [0, 0.1) is 0 Å². The van der Waals surface area contributed by atoms with Crippen LogP contribution in [0.4, 0.5) is 11.4 Å². The van der Waals surface area contributed by atoms with Gasteiger partial charge >= 0.3 is 11.9 Å². The highest BCUT2D eigenvalue weighted by Gasteiger charge is 2.40. The first-order valence-electron chi connectivity index (χ1n) is 8.73. The highest BCUT2D eigenvalue weighted by atomic mass is 35.5. The predicted octanol–water partition coefficient (Wildman–Crippen LogP) is 4.71. The Kier molecular flexibility index (Phi) is 6.21. The number of hydrogen-bond donors (Lipinski definition) is 0. The molecular formula is C20H18Cl2N2O4. The average molecular weight is 421 g/mol. The summed E-state index contributed by atoms with van der Waals surface area (Å²) < 4.78 is 10.5. The third kappa shape index (κ3) is 3.98. The zero-order valence-electron chi connectivity index (χ0n) is 15.3. The summed E-state index contributed by atoms with van der Waals surface area (Å²) in [5.41, 5.74) is 1.53. The van der Waals surface area contributed by atoms with E-state index in [4.69, 9.17) is 32.7 Å². The van der Waals surface area contributed by atoms with Crippen LogP contribution in [0.15, 0.2) is 47.5 Å². The summed E-state index contributed by atoms with van der Waals surface area (Å²) in [6.07, 6.45) is 0. The number of amidine groups is 1. The van der Waals surface area contributed by atoms with E-state index in [-0.39, 0.29) is 19.0 Å². The van der Waals surface area contributed by atoms with Crippen LogP contribution >= 0.6 is 23.2 Å². The molecule has 2 aromatic rings. The number of carbonyl (C=O) groups excluding carboxylic acids is 2. The topological polar surface area (TPSA) is 68.2 Å². The summed E-state index contributed by atoms with van der Waals surface area (Å²) >= 11 is 12.2. The maximum Gasteiger partial charge on any atom is 0.374 e.